The highest BCUT2D eigenvalue weighted by atomic mass is 16.1. The molecule has 4 heteroatoms. The van der Waals surface area contributed by atoms with Crippen LogP contribution in [-0.2, 0) is 9.59 Å². The first-order valence-corrected chi connectivity index (χ1v) is 3.13. The predicted octanol–water partition coefficient (Wildman–Crippen LogP) is 1.84. The summed E-state index contributed by atoms with van der Waals surface area (Å²) < 4.78 is 0. The second-order valence-corrected chi connectivity index (χ2v) is 1.98. The third kappa shape index (κ3) is 693. The molecule has 0 aliphatic rings. The van der Waals surface area contributed by atoms with Gasteiger partial charge in [0.25, 0.3) is 0 Å². The van der Waals surface area contributed by atoms with E-state index in [1.54, 1.807) is 0 Å². The van der Waals surface area contributed by atoms with Crippen LogP contribution in [0.5, 0.6) is 0 Å². The smallest absolute Gasteiger partial charge is 0.0159 e. The molecule has 4 nitrogen and oxygen atoms in total. The topological polar surface area (TPSA) is 78.7 Å². The van der Waals surface area contributed by atoms with Crippen LogP contribution in [0.1, 0.15) is 27.2 Å². The minimum Gasteiger partial charge on any atom is -0.724 e. The standard InChI is InChI=1S/C5H12.2CNO/c1-4-5(2)3;2*2-1-3/h5H,4H2,1-3H3;;/q;2*-1. The second-order valence-electron chi connectivity index (χ2n) is 1.98. The molecule has 0 saturated heterocycles. The van der Waals surface area contributed by atoms with Crippen LogP contribution in [0.2, 0.25) is 0 Å². The molecule has 0 fully saturated rings. The Kier molecular flexibility index (Phi) is 34.7. The van der Waals surface area contributed by atoms with E-state index in [1.165, 1.54) is 6.42 Å². The van der Waals surface area contributed by atoms with Gasteiger partial charge in [0.1, 0.15) is 0 Å². The van der Waals surface area contributed by atoms with Crippen LogP contribution < -0.4 is 0 Å². The maximum Gasteiger partial charge on any atom is -0.0159 e. The highest BCUT2D eigenvalue weighted by Gasteiger charge is 1.80. The third-order valence-corrected chi connectivity index (χ3v) is 0.816. The Hall–Kier alpha value is -1.24. The zero-order valence-electron chi connectivity index (χ0n) is 7.00. The second kappa shape index (κ2) is 23.3. The minimum absolute atomic E-state index is 0.500. The van der Waals surface area contributed by atoms with Crippen LogP contribution >= 0.6 is 0 Å². The van der Waals surface area contributed by atoms with Gasteiger partial charge in [0, 0.05) is 0 Å². The van der Waals surface area contributed by atoms with Gasteiger partial charge >= 0.3 is 0 Å². The summed E-state index contributed by atoms with van der Waals surface area (Å²) in [5.41, 5.74) is 0. The zero-order valence-corrected chi connectivity index (χ0v) is 7.00. The van der Waals surface area contributed by atoms with Crippen molar-refractivity contribution in [1.82, 2.24) is 0 Å². The molecule has 0 aliphatic heterocycles. The van der Waals surface area contributed by atoms with E-state index >= 15 is 0 Å². The lowest BCUT2D eigenvalue weighted by molar-refractivity contribution is 0.568. The highest BCUT2D eigenvalue weighted by Crippen LogP contribution is 1.93. The van der Waals surface area contributed by atoms with Crippen molar-refractivity contribution in [3.05, 3.63) is 10.8 Å². The molecule has 0 N–H and O–H groups in total. The fourth-order valence-corrected chi connectivity index (χ4v) is 0. The van der Waals surface area contributed by atoms with Crippen molar-refractivity contribution in [3.63, 3.8) is 0 Å². The van der Waals surface area contributed by atoms with Gasteiger partial charge < -0.3 is 10.8 Å². The summed E-state index contributed by atoms with van der Waals surface area (Å²) >= 11 is 0. The maximum absolute atomic E-state index is 8.24. The lowest BCUT2D eigenvalue weighted by Crippen LogP contribution is -1.77. The van der Waals surface area contributed by atoms with E-state index in [9.17, 15) is 0 Å². The number of carbonyl (C=O) groups excluding carboxylic acids is 2. The molecule has 0 atom stereocenters. The van der Waals surface area contributed by atoms with Crippen LogP contribution in [0.15, 0.2) is 0 Å². The molecule has 0 unspecified atom stereocenters. The van der Waals surface area contributed by atoms with Gasteiger partial charge in [-0.3, -0.25) is 9.59 Å². The van der Waals surface area contributed by atoms with Crippen molar-refractivity contribution in [2.24, 2.45) is 5.92 Å². The molecule has 0 radical (unpaired) electrons. The lowest BCUT2D eigenvalue weighted by atomic mass is 10.2. The van der Waals surface area contributed by atoms with Gasteiger partial charge in [0.15, 0.2) is 0 Å². The number of rotatable bonds is 1. The van der Waals surface area contributed by atoms with Crippen molar-refractivity contribution < 1.29 is 9.59 Å². The first-order valence-electron chi connectivity index (χ1n) is 3.13. The molecule has 0 aliphatic carbocycles. The summed E-state index contributed by atoms with van der Waals surface area (Å²) in [5, 5.41) is 13.5. The SMILES string of the molecule is CCC(C)C.[N-]=C=O.[N-]=C=O. The molecular weight excluding hydrogens is 144 g/mol. The first kappa shape index (κ1) is 16.4. The molecule has 0 amide bonds. The number of nitrogens with zero attached hydrogens (tertiary/aromatic N) is 2. The minimum atomic E-state index is 0.500. The summed E-state index contributed by atoms with van der Waals surface area (Å²) in [6.07, 6.45) is 2.31. The molecule has 0 saturated carbocycles. The monoisotopic (exact) mass is 156 g/mol. The summed E-state index contributed by atoms with van der Waals surface area (Å²) in [5.74, 6) is 0.884. The molecule has 11 heavy (non-hydrogen) atoms. The van der Waals surface area contributed by atoms with E-state index in [-0.39, 0.29) is 0 Å². The molecule has 64 valence electrons. The van der Waals surface area contributed by atoms with E-state index < -0.39 is 0 Å². The molecule has 0 spiro atoms. The fourth-order valence-electron chi connectivity index (χ4n) is 0. The van der Waals surface area contributed by atoms with Crippen LogP contribution in [-0.4, -0.2) is 12.2 Å². The fraction of sp³-hybridized carbons (Fsp3) is 0.714. The van der Waals surface area contributed by atoms with Gasteiger partial charge in [-0.1, -0.05) is 27.2 Å². The first-order chi connectivity index (χ1) is 5.10. The molecule has 0 bridgehead atoms. The summed E-state index contributed by atoms with van der Waals surface area (Å²) in [6, 6.07) is 0. The average Bonchev–Trinajstić information content (AvgIpc) is 1.91. The zero-order chi connectivity index (χ0) is 9.70. The molecule has 0 aromatic rings. The van der Waals surface area contributed by atoms with Gasteiger partial charge in [-0.15, -0.1) is 0 Å². The van der Waals surface area contributed by atoms with Gasteiger partial charge in [-0.25, -0.2) is 0 Å². The molecular formula is C7H12N2O2-2. The van der Waals surface area contributed by atoms with Gasteiger partial charge in [-0.2, -0.15) is 0 Å². The third-order valence-electron chi connectivity index (χ3n) is 0.816. The Bertz CT molecular complexity index is 108. The summed E-state index contributed by atoms with van der Waals surface area (Å²) in [4.78, 5) is 16.5. The number of hydrogen-bond acceptors (Lipinski definition) is 2. The molecule has 0 aromatic carbocycles. The Morgan fingerprint density at radius 1 is 1.18 bits per heavy atom. The molecule has 0 heterocycles. The largest absolute Gasteiger partial charge is 0.724 e. The van der Waals surface area contributed by atoms with Crippen LogP contribution in [0.4, 0.5) is 0 Å². The lowest BCUT2D eigenvalue weighted by Gasteiger charge is -1.90. The highest BCUT2D eigenvalue weighted by molar-refractivity contribution is 5.37. The van der Waals surface area contributed by atoms with E-state index in [4.69, 9.17) is 20.4 Å². The van der Waals surface area contributed by atoms with Crippen molar-refractivity contribution in [2.45, 2.75) is 27.2 Å². The Morgan fingerprint density at radius 3 is 1.27 bits per heavy atom. The van der Waals surface area contributed by atoms with Crippen molar-refractivity contribution >= 4 is 12.2 Å². The van der Waals surface area contributed by atoms with E-state index in [2.05, 4.69) is 20.8 Å². The normalized spacial score (nSPS) is 5.82. The summed E-state index contributed by atoms with van der Waals surface area (Å²) in [6.45, 7) is 6.64. The predicted molar refractivity (Wildman–Crippen MR) is 43.2 cm³/mol. The number of isocyanates is 2. The van der Waals surface area contributed by atoms with Crippen LogP contribution in [0.25, 0.3) is 10.8 Å². The van der Waals surface area contributed by atoms with Crippen LogP contribution in [0, 0.1) is 5.92 Å². The molecule has 0 aromatic heterocycles. The van der Waals surface area contributed by atoms with Gasteiger partial charge in [0.05, 0.1) is 0 Å². The Labute approximate surface area is 66.6 Å². The molecule has 0 rings (SSSR count). The van der Waals surface area contributed by atoms with Crippen molar-refractivity contribution in [1.29, 1.82) is 0 Å². The quantitative estimate of drug-likeness (QED) is 0.428. The Morgan fingerprint density at radius 2 is 1.27 bits per heavy atom. The van der Waals surface area contributed by atoms with Crippen molar-refractivity contribution in [2.75, 3.05) is 0 Å². The van der Waals surface area contributed by atoms with Crippen molar-refractivity contribution in [3.8, 4) is 0 Å². The maximum atomic E-state index is 8.24. The van der Waals surface area contributed by atoms with Gasteiger partial charge in [-0.05, 0) is 18.1 Å². The summed E-state index contributed by atoms with van der Waals surface area (Å²) in [7, 11) is 0. The van der Waals surface area contributed by atoms with E-state index in [0.717, 1.165) is 5.92 Å². The van der Waals surface area contributed by atoms with Gasteiger partial charge in [0.2, 0.25) is 0 Å². The van der Waals surface area contributed by atoms with E-state index in [1.807, 2.05) is 0 Å². The van der Waals surface area contributed by atoms with Crippen LogP contribution in [0.3, 0.4) is 0 Å². The average molecular weight is 156 g/mol. The van der Waals surface area contributed by atoms with E-state index in [0.29, 0.717) is 12.2 Å². The Balaban J connectivity index is -0.0000000933. The number of hydrogen-bond donors (Lipinski definition) is 0.